The fourth-order valence-corrected chi connectivity index (χ4v) is 5.47. The third-order valence-electron chi connectivity index (χ3n) is 7.69. The number of carbonyl (C=O) groups is 1. The van der Waals surface area contributed by atoms with E-state index in [2.05, 4.69) is 25.1 Å². The zero-order valence-electron chi connectivity index (χ0n) is 24.2. The van der Waals surface area contributed by atoms with Crippen LogP contribution in [-0.4, -0.2) is 76.4 Å². The molecule has 2 aliphatic heterocycles. The average molecular weight is 588 g/mol. The number of hydrogen-bond donors (Lipinski definition) is 1. The van der Waals surface area contributed by atoms with E-state index in [0.717, 1.165) is 34.1 Å². The maximum Gasteiger partial charge on any atom is 0.237 e. The molecule has 1 amide bonds. The Morgan fingerprint density at radius 1 is 1.09 bits per heavy atom. The molecule has 1 atom stereocenters. The first-order valence-corrected chi connectivity index (χ1v) is 14.3. The third-order valence-corrected chi connectivity index (χ3v) is 7.69. The molecule has 0 aliphatic carbocycles. The van der Waals surface area contributed by atoms with Crippen LogP contribution in [0.5, 0.6) is 17.2 Å². The summed E-state index contributed by atoms with van der Waals surface area (Å²) < 4.78 is 32.2. The fourth-order valence-electron chi connectivity index (χ4n) is 5.47. The molecule has 0 radical (unpaired) electrons. The molecule has 1 unspecified atom stereocenters. The van der Waals surface area contributed by atoms with Gasteiger partial charge < -0.3 is 24.4 Å². The van der Waals surface area contributed by atoms with Gasteiger partial charge in [0.25, 0.3) is 0 Å². The predicted molar refractivity (Wildman–Crippen MR) is 157 cm³/mol. The zero-order valence-corrected chi connectivity index (χ0v) is 24.2. The molecule has 11 nitrogen and oxygen atoms in total. The number of aromatic nitrogens is 4. The summed E-state index contributed by atoms with van der Waals surface area (Å²) in [6.07, 6.45) is 6.12. The second kappa shape index (κ2) is 12.7. The molecule has 4 heterocycles. The Bertz CT molecular complexity index is 1580. The Hall–Kier alpha value is -4.71. The van der Waals surface area contributed by atoms with Gasteiger partial charge in [-0.05, 0) is 48.7 Å². The fraction of sp³-hybridized carbons (Fsp3) is 0.355. The van der Waals surface area contributed by atoms with Crippen molar-refractivity contribution in [2.45, 2.75) is 32.4 Å². The van der Waals surface area contributed by atoms with Crippen molar-refractivity contribution in [2.24, 2.45) is 0 Å². The lowest BCUT2D eigenvalue weighted by Gasteiger charge is -2.42. The number of ether oxygens (including phenoxy) is 3. The van der Waals surface area contributed by atoms with Gasteiger partial charge in [0.05, 0.1) is 7.11 Å². The van der Waals surface area contributed by atoms with Crippen molar-refractivity contribution in [3.8, 4) is 23.2 Å². The van der Waals surface area contributed by atoms with Gasteiger partial charge in [-0.1, -0.05) is 12.1 Å². The molecule has 2 aliphatic rings. The third kappa shape index (κ3) is 6.69. The highest BCUT2D eigenvalue weighted by Gasteiger charge is 2.30. The van der Waals surface area contributed by atoms with Crippen LogP contribution in [0.2, 0.25) is 0 Å². The maximum absolute atomic E-state index is 14.5. The molecule has 1 N–H and O–H groups in total. The number of hydrogen-bond acceptors (Lipinski definition) is 9. The Morgan fingerprint density at radius 2 is 1.95 bits per heavy atom. The predicted octanol–water partition coefficient (Wildman–Crippen LogP) is 3.29. The Balaban J connectivity index is 1.15. The van der Waals surface area contributed by atoms with E-state index in [1.54, 1.807) is 29.4 Å². The maximum atomic E-state index is 14.5. The van der Waals surface area contributed by atoms with Crippen molar-refractivity contribution < 1.29 is 23.4 Å². The van der Waals surface area contributed by atoms with Crippen LogP contribution in [0.4, 0.5) is 10.2 Å². The van der Waals surface area contributed by atoms with Gasteiger partial charge in [0.15, 0.2) is 23.1 Å². The van der Waals surface area contributed by atoms with Crippen LogP contribution < -0.4 is 24.4 Å². The molecule has 0 saturated carbocycles. The topological polar surface area (TPSA) is 107 Å². The van der Waals surface area contributed by atoms with Gasteiger partial charge in [-0.3, -0.25) is 14.3 Å². The zero-order chi connectivity index (χ0) is 29.8. The van der Waals surface area contributed by atoms with Gasteiger partial charge in [-0.25, -0.2) is 14.4 Å². The summed E-state index contributed by atoms with van der Waals surface area (Å²) in [5, 5.41) is 3.08. The number of anilines is 1. The largest absolute Gasteiger partial charge is 0.494 e. The number of rotatable bonds is 10. The molecule has 1 fully saturated rings. The van der Waals surface area contributed by atoms with Crippen LogP contribution in [0.15, 0.2) is 61.2 Å². The number of amides is 1. The van der Waals surface area contributed by atoms with Gasteiger partial charge in [-0.15, -0.1) is 0 Å². The number of nitrogens with zero attached hydrogens (tertiary/aromatic N) is 6. The monoisotopic (exact) mass is 587 g/mol. The SMILES string of the molecule is COc1ccc(CN2CCN(c3cc(C)nc(-n4ccnc4)n3)CC2CC(=O)NCCc2ccc3c(c2)OCO3)cc1F. The number of aryl methyl sites for hydroxylation is 1. The standard InChI is InChI=1S/C31H34FN7O4/c1-21-13-29(36-31(35-21)39-10-9-33-19-39)38-12-11-37(17-23-4-5-26(41-2)25(32)14-23)24(18-38)16-30(40)34-8-7-22-3-6-27-28(15-22)43-20-42-27/h3-6,9-10,13-15,19,24H,7-8,11-12,16-18,20H2,1-2H3,(H,34,40). The van der Waals surface area contributed by atoms with Crippen molar-refractivity contribution in [3.63, 3.8) is 0 Å². The van der Waals surface area contributed by atoms with Gasteiger partial charge in [0.1, 0.15) is 12.1 Å². The summed E-state index contributed by atoms with van der Waals surface area (Å²) in [6.45, 7) is 5.12. The Morgan fingerprint density at radius 3 is 2.77 bits per heavy atom. The summed E-state index contributed by atoms with van der Waals surface area (Å²) in [5.74, 6) is 2.56. The van der Waals surface area contributed by atoms with Gasteiger partial charge in [-0.2, -0.15) is 4.98 Å². The van der Waals surface area contributed by atoms with Crippen LogP contribution in [0.25, 0.3) is 5.95 Å². The first kappa shape index (κ1) is 28.4. The first-order valence-electron chi connectivity index (χ1n) is 14.3. The van der Waals surface area contributed by atoms with Gasteiger partial charge in [0, 0.05) is 69.3 Å². The number of piperazine rings is 1. The van der Waals surface area contributed by atoms with Gasteiger partial charge in [0.2, 0.25) is 18.6 Å². The lowest BCUT2D eigenvalue weighted by atomic mass is 10.1. The molecular formula is C31H34FN7O4. The lowest BCUT2D eigenvalue weighted by molar-refractivity contribution is -0.122. The van der Waals surface area contributed by atoms with E-state index in [0.29, 0.717) is 45.1 Å². The van der Waals surface area contributed by atoms with E-state index in [9.17, 15) is 9.18 Å². The Labute approximate surface area is 249 Å². The number of carbonyl (C=O) groups excluding carboxylic acids is 1. The minimum atomic E-state index is -0.403. The average Bonchev–Trinajstić information content (AvgIpc) is 3.70. The van der Waals surface area contributed by atoms with E-state index in [4.69, 9.17) is 19.2 Å². The number of halogens is 1. The number of benzene rings is 2. The van der Waals surface area contributed by atoms with Gasteiger partial charge >= 0.3 is 0 Å². The number of imidazole rings is 1. The van der Waals surface area contributed by atoms with Crippen LogP contribution in [0, 0.1) is 12.7 Å². The second-order valence-electron chi connectivity index (χ2n) is 10.7. The van der Waals surface area contributed by atoms with E-state index >= 15 is 0 Å². The van der Waals surface area contributed by atoms with Crippen molar-refractivity contribution in [1.82, 2.24) is 29.7 Å². The summed E-state index contributed by atoms with van der Waals surface area (Å²) in [5.41, 5.74) is 2.72. The van der Waals surface area contributed by atoms with Crippen LogP contribution in [-0.2, 0) is 17.8 Å². The quantitative estimate of drug-likeness (QED) is 0.299. The number of fused-ring (bicyclic) bond motifs is 1. The molecule has 0 bridgehead atoms. The summed E-state index contributed by atoms with van der Waals surface area (Å²) in [6, 6.07) is 12.7. The molecule has 0 spiro atoms. The summed E-state index contributed by atoms with van der Waals surface area (Å²) in [7, 11) is 1.45. The molecule has 224 valence electrons. The minimum absolute atomic E-state index is 0.0449. The smallest absolute Gasteiger partial charge is 0.237 e. The number of nitrogens with one attached hydrogen (secondary N) is 1. The van der Waals surface area contributed by atoms with Crippen LogP contribution >= 0.6 is 0 Å². The van der Waals surface area contributed by atoms with Crippen LogP contribution in [0.3, 0.4) is 0 Å². The van der Waals surface area contributed by atoms with Crippen molar-refractivity contribution in [2.75, 3.05) is 45.0 Å². The molecule has 6 rings (SSSR count). The van der Waals surface area contributed by atoms with E-state index < -0.39 is 5.82 Å². The second-order valence-corrected chi connectivity index (χ2v) is 10.7. The highest BCUT2D eigenvalue weighted by atomic mass is 19.1. The molecule has 2 aromatic carbocycles. The normalized spacial score (nSPS) is 16.3. The van der Waals surface area contributed by atoms with E-state index in [-0.39, 0.29) is 30.9 Å². The minimum Gasteiger partial charge on any atom is -0.494 e. The van der Waals surface area contributed by atoms with E-state index in [1.165, 1.54) is 13.2 Å². The number of methoxy groups -OCH3 is 1. The lowest BCUT2D eigenvalue weighted by Crippen LogP contribution is -2.54. The Kier molecular flexibility index (Phi) is 8.36. The molecule has 2 aromatic heterocycles. The first-order chi connectivity index (χ1) is 20.9. The molecule has 12 heteroatoms. The highest BCUT2D eigenvalue weighted by molar-refractivity contribution is 5.76. The molecule has 4 aromatic rings. The van der Waals surface area contributed by atoms with E-state index in [1.807, 2.05) is 37.3 Å². The van der Waals surface area contributed by atoms with Crippen molar-refractivity contribution >= 4 is 11.7 Å². The molecule has 1 saturated heterocycles. The summed E-state index contributed by atoms with van der Waals surface area (Å²) >= 11 is 0. The molecular weight excluding hydrogens is 553 g/mol. The summed E-state index contributed by atoms with van der Waals surface area (Å²) in [4.78, 5) is 31.1. The highest BCUT2D eigenvalue weighted by Crippen LogP contribution is 2.32. The molecule has 43 heavy (non-hydrogen) atoms. The van der Waals surface area contributed by atoms with Crippen LogP contribution in [0.1, 0.15) is 23.2 Å². The van der Waals surface area contributed by atoms with Crippen molar-refractivity contribution in [3.05, 3.63) is 83.8 Å². The van der Waals surface area contributed by atoms with Crippen molar-refractivity contribution in [1.29, 1.82) is 0 Å².